The third-order valence-electron chi connectivity index (χ3n) is 6.02. The Kier molecular flexibility index (Phi) is 7.96. The van der Waals surface area contributed by atoms with Gasteiger partial charge >= 0.3 is 0 Å². The molecule has 7 heteroatoms. The van der Waals surface area contributed by atoms with Crippen molar-refractivity contribution >= 4 is 5.96 Å². The van der Waals surface area contributed by atoms with E-state index in [9.17, 15) is 0 Å². The molecule has 3 heterocycles. The number of guanidine groups is 1. The van der Waals surface area contributed by atoms with Crippen LogP contribution >= 0.6 is 0 Å². The van der Waals surface area contributed by atoms with Crippen LogP contribution in [0, 0.1) is 13.8 Å². The van der Waals surface area contributed by atoms with Gasteiger partial charge < -0.3 is 15.1 Å². The van der Waals surface area contributed by atoms with Crippen LogP contribution in [0.1, 0.15) is 61.9 Å². The van der Waals surface area contributed by atoms with Gasteiger partial charge in [-0.3, -0.25) is 14.6 Å². The van der Waals surface area contributed by atoms with E-state index in [1.54, 1.807) is 6.26 Å². The number of hydrogen-bond donors (Lipinski definition) is 2. The number of nitrogens with zero attached hydrogens (tertiary/aromatic N) is 4. The molecule has 2 aromatic rings. The van der Waals surface area contributed by atoms with E-state index in [0.717, 1.165) is 43.5 Å². The fourth-order valence-corrected chi connectivity index (χ4v) is 4.30. The maximum atomic E-state index is 5.77. The first-order chi connectivity index (χ1) is 14.5. The van der Waals surface area contributed by atoms with Gasteiger partial charge in [0.1, 0.15) is 5.76 Å². The number of piperidine rings is 1. The van der Waals surface area contributed by atoms with Gasteiger partial charge in [-0.1, -0.05) is 6.42 Å². The Morgan fingerprint density at radius 2 is 2.03 bits per heavy atom. The Hall–Kier alpha value is -2.28. The molecule has 0 aromatic carbocycles. The van der Waals surface area contributed by atoms with Crippen molar-refractivity contribution < 1.29 is 4.42 Å². The highest BCUT2D eigenvalue weighted by molar-refractivity contribution is 5.80. The smallest absolute Gasteiger partial charge is 0.191 e. The lowest BCUT2D eigenvalue weighted by molar-refractivity contribution is 0.150. The van der Waals surface area contributed by atoms with Crippen LogP contribution in [0.15, 0.2) is 27.8 Å². The molecule has 0 amide bonds. The summed E-state index contributed by atoms with van der Waals surface area (Å²) in [6.45, 7) is 12.3. The molecule has 2 aromatic heterocycles. The summed E-state index contributed by atoms with van der Waals surface area (Å²) in [6, 6.07) is 4.49. The summed E-state index contributed by atoms with van der Waals surface area (Å²) in [7, 11) is 2.00. The zero-order valence-electron chi connectivity index (χ0n) is 19.2. The van der Waals surface area contributed by atoms with E-state index in [4.69, 9.17) is 9.41 Å². The van der Waals surface area contributed by atoms with Crippen molar-refractivity contribution in [2.75, 3.05) is 26.2 Å². The predicted molar refractivity (Wildman–Crippen MR) is 122 cm³/mol. The zero-order valence-corrected chi connectivity index (χ0v) is 19.2. The Morgan fingerprint density at radius 1 is 1.27 bits per heavy atom. The summed E-state index contributed by atoms with van der Waals surface area (Å²) in [6.07, 6.45) is 6.50. The molecule has 30 heavy (non-hydrogen) atoms. The van der Waals surface area contributed by atoms with Crippen molar-refractivity contribution in [3.05, 3.63) is 41.1 Å². The van der Waals surface area contributed by atoms with Crippen molar-refractivity contribution in [2.45, 2.75) is 65.5 Å². The predicted octanol–water partition coefficient (Wildman–Crippen LogP) is 3.34. The SMILES string of the molecule is CCNC(=NCC(c1ccco1)N1CCCCC1)NC(C)Cc1c(C)nn(C)c1C. The van der Waals surface area contributed by atoms with Crippen molar-refractivity contribution in [1.82, 2.24) is 25.3 Å². The van der Waals surface area contributed by atoms with Crippen LogP contribution in [-0.2, 0) is 13.5 Å². The molecule has 0 saturated carbocycles. The summed E-state index contributed by atoms with van der Waals surface area (Å²) in [5.74, 6) is 1.86. The van der Waals surface area contributed by atoms with E-state index < -0.39 is 0 Å². The molecule has 1 aliphatic heterocycles. The number of nitrogens with one attached hydrogen (secondary N) is 2. The van der Waals surface area contributed by atoms with Gasteiger partial charge in [0.05, 0.1) is 24.5 Å². The first-order valence-electron chi connectivity index (χ1n) is 11.3. The second-order valence-corrected chi connectivity index (χ2v) is 8.37. The van der Waals surface area contributed by atoms with Crippen LogP contribution in [0.25, 0.3) is 0 Å². The standard InChI is InChI=1S/C23H38N6O/c1-6-24-23(26-17(2)15-20-18(3)27-28(5)19(20)4)25-16-21(22-11-10-14-30-22)29-12-8-7-9-13-29/h10-11,14,17,21H,6-9,12-13,15-16H2,1-5H3,(H2,24,25,26). The third-order valence-corrected chi connectivity index (χ3v) is 6.02. The minimum absolute atomic E-state index is 0.189. The largest absolute Gasteiger partial charge is 0.468 e. The van der Waals surface area contributed by atoms with Gasteiger partial charge in [-0.05, 0) is 77.7 Å². The van der Waals surface area contributed by atoms with E-state index in [1.807, 2.05) is 17.8 Å². The lowest BCUT2D eigenvalue weighted by Gasteiger charge is -2.32. The molecule has 0 aliphatic carbocycles. The molecule has 0 bridgehead atoms. The molecule has 2 unspecified atom stereocenters. The summed E-state index contributed by atoms with van der Waals surface area (Å²) in [5, 5.41) is 11.5. The average molecular weight is 415 g/mol. The summed E-state index contributed by atoms with van der Waals surface area (Å²) in [4.78, 5) is 7.46. The number of rotatable bonds is 8. The number of hydrogen-bond acceptors (Lipinski definition) is 4. The molecule has 2 atom stereocenters. The molecule has 1 fully saturated rings. The summed E-state index contributed by atoms with van der Waals surface area (Å²) < 4.78 is 7.73. The second-order valence-electron chi connectivity index (χ2n) is 8.37. The molecule has 0 spiro atoms. The summed E-state index contributed by atoms with van der Waals surface area (Å²) >= 11 is 0. The van der Waals surface area contributed by atoms with Crippen LogP contribution in [0.4, 0.5) is 0 Å². The van der Waals surface area contributed by atoms with Crippen LogP contribution in [0.3, 0.4) is 0 Å². The highest BCUT2D eigenvalue weighted by atomic mass is 16.3. The fraction of sp³-hybridized carbons (Fsp3) is 0.652. The molecule has 7 nitrogen and oxygen atoms in total. The van der Waals surface area contributed by atoms with E-state index in [0.29, 0.717) is 6.54 Å². The van der Waals surface area contributed by atoms with Crippen LogP contribution in [0.2, 0.25) is 0 Å². The van der Waals surface area contributed by atoms with Crippen LogP contribution in [0.5, 0.6) is 0 Å². The second kappa shape index (κ2) is 10.7. The Morgan fingerprint density at radius 3 is 2.63 bits per heavy atom. The van der Waals surface area contributed by atoms with Gasteiger partial charge in [0.2, 0.25) is 0 Å². The third kappa shape index (κ3) is 5.65. The van der Waals surface area contributed by atoms with Gasteiger partial charge in [-0.15, -0.1) is 0 Å². The normalized spacial score (nSPS) is 17.7. The number of aryl methyl sites for hydroxylation is 2. The maximum Gasteiger partial charge on any atom is 0.191 e. The molecule has 166 valence electrons. The Labute approximate surface area is 180 Å². The van der Waals surface area contributed by atoms with E-state index in [1.165, 1.54) is 30.5 Å². The van der Waals surface area contributed by atoms with E-state index in [2.05, 4.69) is 54.4 Å². The molecule has 0 radical (unpaired) electrons. The molecule has 3 rings (SSSR count). The lowest BCUT2D eigenvalue weighted by Crippen LogP contribution is -2.44. The average Bonchev–Trinajstić information content (AvgIpc) is 3.34. The maximum absolute atomic E-state index is 5.77. The van der Waals surface area contributed by atoms with Crippen molar-refractivity contribution in [2.24, 2.45) is 12.0 Å². The highest BCUT2D eigenvalue weighted by Gasteiger charge is 2.24. The van der Waals surface area contributed by atoms with Gasteiger partial charge in [-0.25, -0.2) is 0 Å². The number of aliphatic imine (C=N–C) groups is 1. The van der Waals surface area contributed by atoms with Crippen molar-refractivity contribution in [3.8, 4) is 0 Å². The summed E-state index contributed by atoms with van der Waals surface area (Å²) in [5.41, 5.74) is 3.65. The van der Waals surface area contributed by atoms with Crippen LogP contribution in [-0.4, -0.2) is 52.9 Å². The first-order valence-corrected chi connectivity index (χ1v) is 11.3. The van der Waals surface area contributed by atoms with E-state index >= 15 is 0 Å². The number of aromatic nitrogens is 2. The van der Waals surface area contributed by atoms with Crippen molar-refractivity contribution in [1.29, 1.82) is 0 Å². The van der Waals surface area contributed by atoms with Crippen LogP contribution < -0.4 is 10.6 Å². The molecule has 2 N–H and O–H groups in total. The highest BCUT2D eigenvalue weighted by Crippen LogP contribution is 2.25. The van der Waals surface area contributed by atoms with Gasteiger partial charge in [0.25, 0.3) is 0 Å². The van der Waals surface area contributed by atoms with Gasteiger partial charge in [0.15, 0.2) is 5.96 Å². The number of likely N-dealkylation sites (tertiary alicyclic amines) is 1. The Balaban J connectivity index is 1.68. The molecule has 1 aliphatic rings. The van der Waals surface area contributed by atoms with Gasteiger partial charge in [-0.2, -0.15) is 5.10 Å². The number of furan rings is 1. The molecular weight excluding hydrogens is 376 g/mol. The van der Waals surface area contributed by atoms with E-state index in [-0.39, 0.29) is 12.1 Å². The lowest BCUT2D eigenvalue weighted by atomic mass is 10.1. The first kappa shape index (κ1) is 22.4. The monoisotopic (exact) mass is 414 g/mol. The Bertz CT molecular complexity index is 804. The quantitative estimate of drug-likeness (QED) is 0.512. The fourth-order valence-electron chi connectivity index (χ4n) is 4.30. The minimum atomic E-state index is 0.189. The van der Waals surface area contributed by atoms with Gasteiger partial charge in [0, 0.05) is 25.3 Å². The minimum Gasteiger partial charge on any atom is -0.468 e. The topological polar surface area (TPSA) is 70.6 Å². The molecule has 1 saturated heterocycles. The van der Waals surface area contributed by atoms with Crippen molar-refractivity contribution in [3.63, 3.8) is 0 Å². The molecular formula is C23H38N6O. The zero-order chi connectivity index (χ0) is 21.5.